The molecule has 0 spiro atoms. The van der Waals surface area contributed by atoms with Gasteiger partial charge in [0.2, 0.25) is 0 Å². The summed E-state index contributed by atoms with van der Waals surface area (Å²) in [5.41, 5.74) is 1.03. The van der Waals surface area contributed by atoms with Gasteiger partial charge in [0.1, 0.15) is 11.5 Å². The van der Waals surface area contributed by atoms with Gasteiger partial charge in [-0.1, -0.05) is 72.0 Å². The number of nitrogens with zero attached hydrogens (tertiary/aromatic N) is 2. The van der Waals surface area contributed by atoms with E-state index in [0.29, 0.717) is 31.3 Å². The number of hydrogen-bond acceptors (Lipinski definition) is 6. The first-order valence-corrected chi connectivity index (χ1v) is 11.3. The second-order valence-electron chi connectivity index (χ2n) is 7.14. The van der Waals surface area contributed by atoms with Crippen LogP contribution < -0.4 is 4.90 Å². The normalized spacial score (nSPS) is 15.1. The lowest BCUT2D eigenvalue weighted by molar-refractivity contribution is -0.384. The second-order valence-corrected chi connectivity index (χ2v) is 9.22. The fourth-order valence-corrected chi connectivity index (χ4v) is 5.07. The zero-order valence-corrected chi connectivity index (χ0v) is 19.1. The van der Waals surface area contributed by atoms with Gasteiger partial charge >= 0.3 is 0 Å². The molecule has 1 aliphatic rings. The number of benzene rings is 3. The smallest absolute Gasteiger partial charge is 0.270 e. The lowest BCUT2D eigenvalue weighted by atomic mass is 10.1. The van der Waals surface area contributed by atoms with Gasteiger partial charge in [0, 0.05) is 29.2 Å². The highest BCUT2D eigenvalue weighted by Crippen LogP contribution is 2.40. The summed E-state index contributed by atoms with van der Waals surface area (Å²) in [6.45, 7) is 0. The number of thiocarbonyl (C=S) groups is 1. The van der Waals surface area contributed by atoms with E-state index in [4.69, 9.17) is 28.2 Å². The zero-order chi connectivity index (χ0) is 23.1. The van der Waals surface area contributed by atoms with Crippen LogP contribution in [0.4, 0.5) is 11.4 Å². The van der Waals surface area contributed by atoms with E-state index in [-0.39, 0.29) is 11.6 Å². The molecule has 5 rings (SSSR count). The molecule has 0 unspecified atom stereocenters. The van der Waals surface area contributed by atoms with Crippen LogP contribution in [0.3, 0.4) is 0 Å². The Morgan fingerprint density at radius 2 is 1.85 bits per heavy atom. The Balaban J connectivity index is 1.48. The van der Waals surface area contributed by atoms with Gasteiger partial charge in [-0.25, -0.2) is 0 Å². The van der Waals surface area contributed by atoms with Crippen molar-refractivity contribution in [3.63, 3.8) is 0 Å². The van der Waals surface area contributed by atoms with E-state index >= 15 is 0 Å². The molecule has 1 saturated heterocycles. The van der Waals surface area contributed by atoms with Gasteiger partial charge in [-0.2, -0.15) is 0 Å². The predicted molar refractivity (Wildman–Crippen MR) is 135 cm³/mol. The van der Waals surface area contributed by atoms with Crippen molar-refractivity contribution < 1.29 is 14.1 Å². The highest BCUT2D eigenvalue weighted by molar-refractivity contribution is 8.27. The van der Waals surface area contributed by atoms with Crippen molar-refractivity contribution in [3.8, 4) is 11.3 Å². The van der Waals surface area contributed by atoms with Crippen molar-refractivity contribution in [1.82, 2.24) is 0 Å². The Morgan fingerprint density at radius 3 is 2.67 bits per heavy atom. The first-order valence-electron chi connectivity index (χ1n) is 9.72. The number of carbonyl (C=O) groups is 1. The number of furan rings is 1. The number of fused-ring (bicyclic) bond motifs is 1. The standard InChI is InChI=1S/C24H13ClN2O4S2/c25-19-10-8-15(27(29)30)12-18(19)21-11-9-16(31-21)13-22-23(28)26(24(32)33-22)20-7-3-5-14-4-1-2-6-17(14)20/h1-13H/b22-13+. The minimum absolute atomic E-state index is 0.0942. The molecule has 0 atom stereocenters. The molecule has 0 saturated carbocycles. The molecule has 0 radical (unpaired) electrons. The Bertz CT molecular complexity index is 1490. The average Bonchev–Trinajstić information content (AvgIpc) is 3.37. The third-order valence-corrected chi connectivity index (χ3v) is 6.76. The summed E-state index contributed by atoms with van der Waals surface area (Å²) in [5.74, 6) is 0.526. The number of hydrogen-bond donors (Lipinski definition) is 0. The minimum atomic E-state index is -0.498. The zero-order valence-electron chi connectivity index (χ0n) is 16.7. The van der Waals surface area contributed by atoms with E-state index in [1.807, 2.05) is 42.5 Å². The molecule has 1 amide bonds. The molecule has 9 heteroatoms. The number of nitro benzene ring substituents is 1. The first kappa shape index (κ1) is 21.4. The maximum absolute atomic E-state index is 13.2. The first-order chi connectivity index (χ1) is 15.9. The van der Waals surface area contributed by atoms with Crippen molar-refractivity contribution in [1.29, 1.82) is 0 Å². The molecule has 33 heavy (non-hydrogen) atoms. The van der Waals surface area contributed by atoms with Crippen LogP contribution in [0.25, 0.3) is 28.2 Å². The van der Waals surface area contributed by atoms with Crippen LogP contribution in [-0.4, -0.2) is 15.2 Å². The highest BCUT2D eigenvalue weighted by atomic mass is 35.5. The van der Waals surface area contributed by atoms with Gasteiger partial charge in [-0.05, 0) is 29.7 Å². The van der Waals surface area contributed by atoms with E-state index in [1.165, 1.54) is 34.9 Å². The summed E-state index contributed by atoms with van der Waals surface area (Å²) in [4.78, 5) is 25.8. The van der Waals surface area contributed by atoms with Gasteiger partial charge in [-0.3, -0.25) is 19.8 Å². The molecule has 1 fully saturated rings. The third-order valence-electron chi connectivity index (χ3n) is 5.13. The molecule has 6 nitrogen and oxygen atoms in total. The number of rotatable bonds is 4. The van der Waals surface area contributed by atoms with Gasteiger partial charge in [0.25, 0.3) is 11.6 Å². The van der Waals surface area contributed by atoms with E-state index in [0.717, 1.165) is 16.5 Å². The maximum atomic E-state index is 13.2. The number of carbonyl (C=O) groups excluding carboxylic acids is 1. The molecule has 162 valence electrons. The van der Waals surface area contributed by atoms with Crippen molar-refractivity contribution in [2.24, 2.45) is 0 Å². The molecule has 2 heterocycles. The number of non-ortho nitro benzene ring substituents is 1. The Kier molecular flexibility index (Phi) is 5.49. The molecule has 3 aromatic carbocycles. The van der Waals surface area contributed by atoms with Crippen molar-refractivity contribution >= 4 is 74.0 Å². The van der Waals surface area contributed by atoms with E-state index in [1.54, 1.807) is 18.2 Å². The van der Waals surface area contributed by atoms with Crippen LogP contribution in [0.5, 0.6) is 0 Å². The van der Waals surface area contributed by atoms with E-state index in [9.17, 15) is 14.9 Å². The Hall–Kier alpha value is -3.46. The van der Waals surface area contributed by atoms with Crippen LogP contribution in [0, 0.1) is 10.1 Å². The Labute approximate surface area is 202 Å². The lowest BCUT2D eigenvalue weighted by Crippen LogP contribution is -2.27. The lowest BCUT2D eigenvalue weighted by Gasteiger charge is -2.17. The number of halogens is 1. The van der Waals surface area contributed by atoms with Crippen LogP contribution in [-0.2, 0) is 4.79 Å². The summed E-state index contributed by atoms with van der Waals surface area (Å²) in [6.07, 6.45) is 1.61. The van der Waals surface area contributed by atoms with E-state index in [2.05, 4.69) is 0 Å². The van der Waals surface area contributed by atoms with Crippen LogP contribution in [0.1, 0.15) is 5.76 Å². The third kappa shape index (κ3) is 3.93. The van der Waals surface area contributed by atoms with Crippen LogP contribution in [0.15, 0.2) is 82.1 Å². The number of amides is 1. The summed E-state index contributed by atoms with van der Waals surface area (Å²) in [6, 6.07) is 21.0. The average molecular weight is 493 g/mol. The van der Waals surface area contributed by atoms with E-state index < -0.39 is 4.92 Å². The summed E-state index contributed by atoms with van der Waals surface area (Å²) < 4.78 is 6.26. The maximum Gasteiger partial charge on any atom is 0.270 e. The topological polar surface area (TPSA) is 76.6 Å². The van der Waals surface area contributed by atoms with Gasteiger partial charge in [0.05, 0.1) is 20.5 Å². The quantitative estimate of drug-likeness (QED) is 0.131. The second kappa shape index (κ2) is 8.47. The predicted octanol–water partition coefficient (Wildman–Crippen LogP) is 7.07. The number of nitro groups is 1. The molecule has 1 aliphatic heterocycles. The Morgan fingerprint density at radius 1 is 1.06 bits per heavy atom. The van der Waals surface area contributed by atoms with Crippen molar-refractivity contribution in [2.75, 3.05) is 4.90 Å². The van der Waals surface area contributed by atoms with Crippen LogP contribution in [0.2, 0.25) is 5.02 Å². The fraction of sp³-hybridized carbons (Fsp3) is 0. The molecule has 4 aromatic rings. The van der Waals surface area contributed by atoms with Gasteiger partial charge in [0.15, 0.2) is 4.32 Å². The van der Waals surface area contributed by atoms with Crippen molar-refractivity contribution in [3.05, 3.63) is 98.6 Å². The molecular weight excluding hydrogens is 480 g/mol. The summed E-state index contributed by atoms with van der Waals surface area (Å²) >= 11 is 12.9. The largest absolute Gasteiger partial charge is 0.457 e. The SMILES string of the molecule is O=C1/C(=C\c2ccc(-c3cc([N+](=O)[O-])ccc3Cl)o2)SC(=S)N1c1cccc2ccccc12. The number of anilines is 1. The molecule has 0 bridgehead atoms. The van der Waals surface area contributed by atoms with Gasteiger partial charge in [-0.15, -0.1) is 0 Å². The summed E-state index contributed by atoms with van der Waals surface area (Å²) in [7, 11) is 0. The monoisotopic (exact) mass is 492 g/mol. The molecular formula is C24H13ClN2O4S2. The fourth-order valence-electron chi connectivity index (χ4n) is 3.60. The van der Waals surface area contributed by atoms with Crippen LogP contribution >= 0.6 is 35.6 Å². The molecule has 0 aliphatic carbocycles. The number of thioether (sulfide) groups is 1. The molecule has 0 N–H and O–H groups in total. The summed E-state index contributed by atoms with van der Waals surface area (Å²) in [5, 5.41) is 13.4. The minimum Gasteiger partial charge on any atom is -0.457 e. The van der Waals surface area contributed by atoms with Crippen molar-refractivity contribution in [2.45, 2.75) is 0 Å². The molecule has 1 aromatic heterocycles. The van der Waals surface area contributed by atoms with Gasteiger partial charge < -0.3 is 4.42 Å². The highest BCUT2D eigenvalue weighted by Gasteiger charge is 2.34.